The van der Waals surface area contributed by atoms with Crippen LogP contribution in [0, 0.1) is 6.92 Å². The van der Waals surface area contributed by atoms with Crippen LogP contribution in [-0.2, 0) is 19.1 Å². The average molecular weight is 680 g/mol. The van der Waals surface area contributed by atoms with E-state index in [-0.39, 0.29) is 40.3 Å². The van der Waals surface area contributed by atoms with Crippen molar-refractivity contribution in [1.82, 2.24) is 4.90 Å². The third-order valence-corrected chi connectivity index (χ3v) is 7.96. The lowest BCUT2D eigenvalue weighted by atomic mass is 10.2. The van der Waals surface area contributed by atoms with Crippen LogP contribution in [0.25, 0.3) is 6.08 Å². The van der Waals surface area contributed by atoms with Gasteiger partial charge < -0.3 is 24.8 Å². The predicted octanol–water partition coefficient (Wildman–Crippen LogP) is 6.70. The molecular weight excluding hydrogens is 646 g/mol. The molecule has 4 rings (SSSR count). The Labute approximate surface area is 281 Å². The maximum absolute atomic E-state index is 13.1. The second-order valence-electron chi connectivity index (χ2n) is 10.3. The highest BCUT2D eigenvalue weighted by molar-refractivity contribution is 8.18. The molecule has 0 atom stereocenters. The minimum Gasteiger partial charge on any atom is -0.490 e. The molecule has 13 heteroatoms. The number of hydrogen-bond acceptors (Lipinski definition) is 9. The highest BCUT2D eigenvalue weighted by Gasteiger charge is 2.36. The van der Waals surface area contributed by atoms with Crippen LogP contribution in [0.1, 0.15) is 48.2 Å². The zero-order valence-electron chi connectivity index (χ0n) is 26.1. The van der Waals surface area contributed by atoms with Crippen molar-refractivity contribution in [2.75, 3.05) is 37.0 Å². The van der Waals surface area contributed by atoms with Crippen LogP contribution < -0.4 is 20.1 Å². The summed E-state index contributed by atoms with van der Waals surface area (Å²) in [6.07, 6.45) is 3.07. The molecule has 0 radical (unpaired) electrons. The normalized spacial score (nSPS) is 13.4. The molecular formula is C34H34ClN3O8S. The van der Waals surface area contributed by atoms with E-state index in [2.05, 4.69) is 10.6 Å². The van der Waals surface area contributed by atoms with Gasteiger partial charge in [0.1, 0.15) is 6.54 Å². The molecule has 0 spiro atoms. The number of nitrogens with zero attached hydrogens (tertiary/aromatic N) is 1. The summed E-state index contributed by atoms with van der Waals surface area (Å²) < 4.78 is 16.6. The minimum atomic E-state index is -0.646. The van der Waals surface area contributed by atoms with E-state index in [1.807, 2.05) is 32.0 Å². The number of anilines is 2. The maximum atomic E-state index is 13.1. The van der Waals surface area contributed by atoms with Crippen molar-refractivity contribution in [3.05, 3.63) is 87.3 Å². The van der Waals surface area contributed by atoms with Crippen LogP contribution >= 0.6 is 23.4 Å². The zero-order valence-corrected chi connectivity index (χ0v) is 27.7. The number of hydrogen-bond donors (Lipinski definition) is 2. The predicted molar refractivity (Wildman–Crippen MR) is 181 cm³/mol. The Hall–Kier alpha value is -4.81. The molecule has 1 aliphatic heterocycles. The Kier molecular flexibility index (Phi) is 12.4. The molecule has 3 aromatic carbocycles. The van der Waals surface area contributed by atoms with Gasteiger partial charge in [-0.25, -0.2) is 4.79 Å². The molecule has 2 N–H and O–H groups in total. The van der Waals surface area contributed by atoms with Crippen LogP contribution in [0.3, 0.4) is 0 Å². The number of aryl methyl sites for hydroxylation is 1. The van der Waals surface area contributed by atoms with Gasteiger partial charge in [-0.15, -0.1) is 0 Å². The van der Waals surface area contributed by atoms with E-state index in [0.717, 1.165) is 16.9 Å². The van der Waals surface area contributed by atoms with E-state index in [1.165, 1.54) is 24.3 Å². The van der Waals surface area contributed by atoms with Crippen LogP contribution in [-0.4, -0.2) is 60.2 Å². The lowest BCUT2D eigenvalue weighted by Gasteiger charge is -2.14. The van der Waals surface area contributed by atoms with Gasteiger partial charge in [-0.05, 0) is 85.6 Å². The molecule has 246 valence electrons. The van der Waals surface area contributed by atoms with Gasteiger partial charge in [-0.3, -0.25) is 24.1 Å². The molecule has 1 saturated heterocycles. The van der Waals surface area contributed by atoms with E-state index in [4.69, 9.17) is 25.8 Å². The van der Waals surface area contributed by atoms with Crippen LogP contribution in [0.15, 0.2) is 65.6 Å². The Morgan fingerprint density at radius 3 is 2.47 bits per heavy atom. The highest BCUT2D eigenvalue weighted by Crippen LogP contribution is 2.35. The molecule has 0 saturated carbocycles. The summed E-state index contributed by atoms with van der Waals surface area (Å²) in [5.41, 5.74) is 2.49. The quantitative estimate of drug-likeness (QED) is 0.108. The standard InChI is InChI=1S/C34H34ClN3O8S/c1-4-6-15-45-33(42)24-18-23(12-13-25(24)35)36-30(39)19-38-32(41)29(47-34(38)43)17-22-11-14-27(28(16-22)44-5-2)46-20-31(40)37-26-10-8-7-9-21(26)3/h7-14,16-18H,4-6,15,19-20H2,1-3H3,(H,36,39)(H,37,40)/b29-17-. The summed E-state index contributed by atoms with van der Waals surface area (Å²) in [4.78, 5) is 64.4. The third kappa shape index (κ3) is 9.60. The third-order valence-electron chi connectivity index (χ3n) is 6.72. The number of ether oxygens (including phenoxy) is 3. The Bertz CT molecular complexity index is 1710. The van der Waals surface area contributed by atoms with Crippen molar-refractivity contribution >= 4 is 69.7 Å². The smallest absolute Gasteiger partial charge is 0.339 e. The SMILES string of the molecule is CCCCOC(=O)c1cc(NC(=O)CN2C(=O)S/C(=C\c3ccc(OCC(=O)Nc4ccccc4C)c(OCC)c3)C2=O)ccc1Cl. The number of halogens is 1. The van der Waals surface area contributed by atoms with Crippen molar-refractivity contribution in [2.45, 2.75) is 33.6 Å². The number of para-hydroxylation sites is 1. The summed E-state index contributed by atoms with van der Waals surface area (Å²) >= 11 is 6.84. The van der Waals surface area contributed by atoms with Crippen molar-refractivity contribution in [2.24, 2.45) is 0 Å². The number of nitrogens with one attached hydrogen (secondary N) is 2. The van der Waals surface area contributed by atoms with Crippen LogP contribution in [0.2, 0.25) is 5.02 Å². The van der Waals surface area contributed by atoms with Gasteiger partial charge >= 0.3 is 5.97 Å². The molecule has 11 nitrogen and oxygen atoms in total. The number of amides is 4. The number of carbonyl (C=O) groups is 5. The number of rotatable bonds is 14. The summed E-state index contributed by atoms with van der Waals surface area (Å²) in [5, 5.41) is 4.94. The van der Waals surface area contributed by atoms with Crippen LogP contribution in [0.4, 0.5) is 16.2 Å². The van der Waals surface area contributed by atoms with E-state index < -0.39 is 29.6 Å². The van der Waals surface area contributed by atoms with Gasteiger partial charge in [0.05, 0.1) is 28.7 Å². The second-order valence-corrected chi connectivity index (χ2v) is 11.7. The first-order valence-corrected chi connectivity index (χ1v) is 16.1. The van der Waals surface area contributed by atoms with Gasteiger partial charge in [0.2, 0.25) is 5.91 Å². The van der Waals surface area contributed by atoms with Gasteiger partial charge in [-0.1, -0.05) is 49.2 Å². The molecule has 47 heavy (non-hydrogen) atoms. The van der Waals surface area contributed by atoms with E-state index >= 15 is 0 Å². The number of imide groups is 1. The van der Waals surface area contributed by atoms with E-state index in [9.17, 15) is 24.0 Å². The molecule has 3 aromatic rings. The fraction of sp³-hybridized carbons (Fsp3) is 0.265. The number of esters is 1. The Balaban J connectivity index is 1.39. The number of thioether (sulfide) groups is 1. The summed E-state index contributed by atoms with van der Waals surface area (Å²) in [6.45, 7) is 5.41. The van der Waals surface area contributed by atoms with E-state index in [1.54, 1.807) is 31.2 Å². The van der Waals surface area contributed by atoms with Gasteiger partial charge in [-0.2, -0.15) is 0 Å². The average Bonchev–Trinajstić information content (AvgIpc) is 3.30. The maximum Gasteiger partial charge on any atom is 0.339 e. The molecule has 1 aliphatic rings. The fourth-order valence-corrected chi connectivity index (χ4v) is 5.36. The largest absolute Gasteiger partial charge is 0.490 e. The topological polar surface area (TPSA) is 140 Å². The molecule has 0 aromatic heterocycles. The lowest BCUT2D eigenvalue weighted by Crippen LogP contribution is -2.36. The fourth-order valence-electron chi connectivity index (χ4n) is 4.32. The number of unbranched alkanes of at least 4 members (excludes halogenated alkanes) is 1. The van der Waals surface area contributed by atoms with Crippen molar-refractivity contribution < 1.29 is 38.2 Å². The first-order chi connectivity index (χ1) is 22.6. The van der Waals surface area contributed by atoms with Crippen molar-refractivity contribution in [1.29, 1.82) is 0 Å². The summed E-state index contributed by atoms with van der Waals surface area (Å²) in [5.74, 6) is -1.57. The first-order valence-electron chi connectivity index (χ1n) is 14.9. The summed E-state index contributed by atoms with van der Waals surface area (Å²) in [6, 6.07) is 16.6. The molecule has 0 unspecified atom stereocenters. The molecule has 1 fully saturated rings. The van der Waals surface area contributed by atoms with Crippen molar-refractivity contribution in [3.8, 4) is 11.5 Å². The molecule has 0 bridgehead atoms. The molecule has 0 aliphatic carbocycles. The van der Waals surface area contributed by atoms with Crippen molar-refractivity contribution in [3.63, 3.8) is 0 Å². The van der Waals surface area contributed by atoms with Gasteiger partial charge in [0, 0.05) is 11.4 Å². The molecule has 1 heterocycles. The monoisotopic (exact) mass is 679 g/mol. The first kappa shape index (κ1) is 35.1. The lowest BCUT2D eigenvalue weighted by molar-refractivity contribution is -0.127. The second kappa shape index (κ2) is 16.7. The minimum absolute atomic E-state index is 0.0862. The number of carbonyl (C=O) groups excluding carboxylic acids is 5. The van der Waals surface area contributed by atoms with Crippen LogP contribution in [0.5, 0.6) is 11.5 Å². The number of benzene rings is 3. The Morgan fingerprint density at radius 1 is 0.936 bits per heavy atom. The van der Waals surface area contributed by atoms with Gasteiger partial charge in [0.15, 0.2) is 18.1 Å². The Morgan fingerprint density at radius 2 is 1.72 bits per heavy atom. The van der Waals surface area contributed by atoms with E-state index in [0.29, 0.717) is 47.5 Å². The van der Waals surface area contributed by atoms with Gasteiger partial charge in [0.25, 0.3) is 17.1 Å². The highest BCUT2D eigenvalue weighted by atomic mass is 35.5. The zero-order chi connectivity index (χ0) is 33.9. The summed E-state index contributed by atoms with van der Waals surface area (Å²) in [7, 11) is 0. The molecule has 4 amide bonds.